The topological polar surface area (TPSA) is 56.6 Å². The lowest BCUT2D eigenvalue weighted by Gasteiger charge is -2.47. The molecule has 0 aromatic heterocycles. The normalized spacial score (nSPS) is 18.7. The van der Waals surface area contributed by atoms with Gasteiger partial charge in [0.15, 0.2) is 6.61 Å². The minimum Gasteiger partial charge on any atom is -0.478 e. The van der Waals surface area contributed by atoms with Crippen LogP contribution >= 0.6 is 0 Å². The Bertz CT molecular complexity index is 888. The van der Waals surface area contributed by atoms with E-state index < -0.39 is 0 Å². The number of nitrogens with zero attached hydrogens (tertiary/aromatic N) is 3. The van der Waals surface area contributed by atoms with Crippen LogP contribution in [0.3, 0.4) is 0 Å². The van der Waals surface area contributed by atoms with E-state index in [1.807, 2.05) is 59.5 Å². The lowest BCUT2D eigenvalue weighted by molar-refractivity contribution is 0.0283. The minimum absolute atomic E-state index is 0.0817. The van der Waals surface area contributed by atoms with Crippen LogP contribution in [0.15, 0.2) is 54.6 Å². The first-order chi connectivity index (χ1) is 14.7. The van der Waals surface area contributed by atoms with Gasteiger partial charge >= 0.3 is 0 Å². The van der Waals surface area contributed by atoms with Gasteiger partial charge in [0.2, 0.25) is 0 Å². The third kappa shape index (κ3) is 4.66. The van der Waals surface area contributed by atoms with Crippen molar-refractivity contribution in [3.8, 4) is 11.8 Å². The summed E-state index contributed by atoms with van der Waals surface area (Å²) < 4.78 is 5.58. The summed E-state index contributed by atoms with van der Waals surface area (Å²) in [5.74, 6) is 0.976. The van der Waals surface area contributed by atoms with Crippen LogP contribution in [-0.4, -0.2) is 48.5 Å². The zero-order chi connectivity index (χ0) is 20.8. The van der Waals surface area contributed by atoms with Crippen LogP contribution in [0.2, 0.25) is 0 Å². The molecular formula is C25H29N3O2. The Morgan fingerprint density at radius 2 is 1.57 bits per heavy atom. The molecule has 2 saturated heterocycles. The van der Waals surface area contributed by atoms with Crippen molar-refractivity contribution in [3.63, 3.8) is 0 Å². The van der Waals surface area contributed by atoms with E-state index in [0.717, 1.165) is 62.4 Å². The van der Waals surface area contributed by atoms with Crippen molar-refractivity contribution in [1.29, 1.82) is 5.26 Å². The van der Waals surface area contributed by atoms with Gasteiger partial charge in [-0.05, 0) is 62.4 Å². The van der Waals surface area contributed by atoms with Crippen molar-refractivity contribution in [2.75, 3.05) is 32.8 Å². The van der Waals surface area contributed by atoms with Crippen LogP contribution in [0, 0.1) is 16.7 Å². The van der Waals surface area contributed by atoms with Crippen molar-refractivity contribution in [2.45, 2.75) is 32.2 Å². The molecule has 30 heavy (non-hydrogen) atoms. The second kappa shape index (κ2) is 9.32. The minimum atomic E-state index is 0.0817. The molecule has 0 aliphatic carbocycles. The zero-order valence-electron chi connectivity index (χ0n) is 17.4. The molecule has 0 N–H and O–H groups in total. The molecule has 2 aliphatic rings. The van der Waals surface area contributed by atoms with Crippen LogP contribution < -0.4 is 4.74 Å². The van der Waals surface area contributed by atoms with Gasteiger partial charge in [0, 0.05) is 30.8 Å². The summed E-state index contributed by atoms with van der Waals surface area (Å²) in [4.78, 5) is 17.2. The number of amides is 1. The fourth-order valence-electron chi connectivity index (χ4n) is 4.76. The molecule has 0 bridgehead atoms. The summed E-state index contributed by atoms with van der Waals surface area (Å²) in [6, 6.07) is 19.7. The van der Waals surface area contributed by atoms with E-state index in [-0.39, 0.29) is 12.5 Å². The van der Waals surface area contributed by atoms with E-state index in [1.165, 1.54) is 12.8 Å². The van der Waals surface area contributed by atoms with Gasteiger partial charge in [-0.15, -0.1) is 0 Å². The molecule has 4 rings (SSSR count). The van der Waals surface area contributed by atoms with Crippen LogP contribution in [0.1, 0.15) is 41.6 Å². The first-order valence-electron chi connectivity index (χ1n) is 10.8. The number of carbonyl (C=O) groups is 1. The smallest absolute Gasteiger partial charge is 0.253 e. The maximum absolute atomic E-state index is 12.7. The van der Waals surface area contributed by atoms with Gasteiger partial charge in [-0.2, -0.15) is 5.26 Å². The predicted octanol–water partition coefficient (Wildman–Crippen LogP) is 4.11. The van der Waals surface area contributed by atoms with E-state index in [4.69, 9.17) is 10.00 Å². The lowest BCUT2D eigenvalue weighted by atomic mass is 9.71. The maximum atomic E-state index is 12.7. The molecule has 156 valence electrons. The number of rotatable bonds is 5. The van der Waals surface area contributed by atoms with Crippen molar-refractivity contribution in [2.24, 2.45) is 5.41 Å². The molecule has 0 unspecified atom stereocenters. The molecule has 0 saturated carbocycles. The molecule has 5 nitrogen and oxygen atoms in total. The number of nitriles is 1. The first-order valence-corrected chi connectivity index (χ1v) is 10.8. The molecule has 2 fully saturated rings. The fraction of sp³-hybridized carbons (Fsp3) is 0.440. The molecule has 5 heteroatoms. The summed E-state index contributed by atoms with van der Waals surface area (Å²) in [6.07, 6.45) is 4.56. The maximum Gasteiger partial charge on any atom is 0.253 e. The number of likely N-dealkylation sites (tertiary alicyclic amines) is 2. The number of para-hydroxylation sites is 1. The van der Waals surface area contributed by atoms with E-state index in [0.29, 0.717) is 5.41 Å². The third-order valence-corrected chi connectivity index (χ3v) is 6.71. The van der Waals surface area contributed by atoms with E-state index in [9.17, 15) is 4.79 Å². The zero-order valence-corrected chi connectivity index (χ0v) is 17.4. The largest absolute Gasteiger partial charge is 0.478 e. The first kappa shape index (κ1) is 20.4. The van der Waals surface area contributed by atoms with Gasteiger partial charge < -0.3 is 9.64 Å². The Balaban J connectivity index is 1.29. The highest BCUT2D eigenvalue weighted by Gasteiger charge is 2.38. The van der Waals surface area contributed by atoms with Gasteiger partial charge in [-0.25, -0.2) is 0 Å². The molecule has 2 aromatic carbocycles. The van der Waals surface area contributed by atoms with Crippen LogP contribution in [0.4, 0.5) is 0 Å². The summed E-state index contributed by atoms with van der Waals surface area (Å²) in [5, 5.41) is 8.79. The summed E-state index contributed by atoms with van der Waals surface area (Å²) in [7, 11) is 0. The molecule has 1 amide bonds. The Labute approximate surface area is 178 Å². The summed E-state index contributed by atoms with van der Waals surface area (Å²) in [6.45, 7) is 4.80. The average Bonchev–Trinajstić information content (AvgIpc) is 2.81. The second-order valence-electron chi connectivity index (χ2n) is 8.49. The highest BCUT2D eigenvalue weighted by Crippen LogP contribution is 2.42. The fourth-order valence-corrected chi connectivity index (χ4v) is 4.76. The molecule has 1 spiro atoms. The Morgan fingerprint density at radius 1 is 0.933 bits per heavy atom. The number of piperidine rings is 2. The van der Waals surface area contributed by atoms with Crippen molar-refractivity contribution < 1.29 is 9.53 Å². The van der Waals surface area contributed by atoms with Gasteiger partial charge in [-0.1, -0.05) is 36.4 Å². The Morgan fingerprint density at radius 3 is 2.27 bits per heavy atom. The van der Waals surface area contributed by atoms with Crippen LogP contribution in [0.5, 0.6) is 5.75 Å². The van der Waals surface area contributed by atoms with Gasteiger partial charge in [0.1, 0.15) is 11.8 Å². The SMILES string of the molecule is N#CCOc1ccccc1CN1CCC2(CC1)CCN(C(=O)c1ccccc1)CC2. The molecule has 0 atom stereocenters. The van der Waals surface area contributed by atoms with Crippen molar-refractivity contribution >= 4 is 5.91 Å². The number of hydrogen-bond donors (Lipinski definition) is 0. The van der Waals surface area contributed by atoms with E-state index in [2.05, 4.69) is 11.0 Å². The van der Waals surface area contributed by atoms with E-state index >= 15 is 0 Å². The monoisotopic (exact) mass is 403 g/mol. The number of carbonyl (C=O) groups excluding carboxylic acids is 1. The molecular weight excluding hydrogens is 374 g/mol. The summed E-state index contributed by atoms with van der Waals surface area (Å²) >= 11 is 0. The standard InChI is InChI=1S/C25H29N3O2/c26-14-19-30-23-9-5-4-8-22(23)20-27-15-10-25(11-16-27)12-17-28(18-13-25)24(29)21-6-2-1-3-7-21/h1-9H,10-13,15-20H2. The Kier molecular flexibility index (Phi) is 6.35. The van der Waals surface area contributed by atoms with Gasteiger partial charge in [-0.3, -0.25) is 9.69 Å². The molecule has 2 aromatic rings. The molecule has 2 heterocycles. The number of ether oxygens (including phenoxy) is 1. The molecule has 0 radical (unpaired) electrons. The highest BCUT2D eigenvalue weighted by molar-refractivity contribution is 5.94. The number of hydrogen-bond acceptors (Lipinski definition) is 4. The van der Waals surface area contributed by atoms with Crippen molar-refractivity contribution in [1.82, 2.24) is 9.80 Å². The average molecular weight is 404 g/mol. The van der Waals surface area contributed by atoms with Crippen LogP contribution in [0.25, 0.3) is 0 Å². The lowest BCUT2D eigenvalue weighted by Crippen LogP contribution is -2.48. The highest BCUT2D eigenvalue weighted by atomic mass is 16.5. The van der Waals surface area contributed by atoms with E-state index in [1.54, 1.807) is 0 Å². The van der Waals surface area contributed by atoms with Gasteiger partial charge in [0.05, 0.1) is 0 Å². The van der Waals surface area contributed by atoms with Crippen molar-refractivity contribution in [3.05, 3.63) is 65.7 Å². The van der Waals surface area contributed by atoms with Gasteiger partial charge in [0.25, 0.3) is 5.91 Å². The second-order valence-corrected chi connectivity index (χ2v) is 8.49. The predicted molar refractivity (Wildman–Crippen MR) is 116 cm³/mol. The quantitative estimate of drug-likeness (QED) is 0.754. The van der Waals surface area contributed by atoms with Crippen LogP contribution in [-0.2, 0) is 6.54 Å². The Hall–Kier alpha value is -2.84. The molecule has 2 aliphatic heterocycles. The summed E-state index contributed by atoms with van der Waals surface area (Å²) in [5.41, 5.74) is 2.31. The third-order valence-electron chi connectivity index (χ3n) is 6.71. The number of benzene rings is 2.